The average molecular weight is 343 g/mol. The van der Waals surface area contributed by atoms with Crippen molar-refractivity contribution < 1.29 is 19.2 Å². The lowest BCUT2D eigenvalue weighted by Crippen LogP contribution is -3.10. The maximum Gasteiger partial charge on any atom is 0.230 e. The number of benzene rings is 2. The van der Waals surface area contributed by atoms with Crippen molar-refractivity contribution in [1.29, 1.82) is 0 Å². The number of ether oxygens (including phenoxy) is 2. The molecule has 2 N–H and O–H groups in total. The highest BCUT2D eigenvalue weighted by Gasteiger charge is 2.13. The molecule has 0 aliphatic carbocycles. The van der Waals surface area contributed by atoms with E-state index in [9.17, 15) is 4.79 Å². The summed E-state index contributed by atoms with van der Waals surface area (Å²) in [6, 6.07) is 15.7. The van der Waals surface area contributed by atoms with Crippen molar-refractivity contribution in [2.45, 2.75) is 19.9 Å². The first kappa shape index (κ1) is 18.8. The molecular formula is C20H27N2O3+. The molecule has 25 heavy (non-hydrogen) atoms. The van der Waals surface area contributed by atoms with Crippen LogP contribution in [0.1, 0.15) is 18.9 Å². The first-order valence-electron chi connectivity index (χ1n) is 8.55. The van der Waals surface area contributed by atoms with Crippen molar-refractivity contribution in [3.63, 3.8) is 0 Å². The van der Waals surface area contributed by atoms with Crippen LogP contribution in [0.15, 0.2) is 48.5 Å². The average Bonchev–Trinajstić information content (AvgIpc) is 2.65. The van der Waals surface area contributed by atoms with Gasteiger partial charge in [-0.25, -0.2) is 0 Å². The maximum absolute atomic E-state index is 12.3. The van der Waals surface area contributed by atoms with Gasteiger partial charge in [-0.05, 0) is 19.1 Å². The largest absolute Gasteiger partial charge is 0.497 e. The van der Waals surface area contributed by atoms with E-state index in [-0.39, 0.29) is 5.91 Å². The maximum atomic E-state index is 12.3. The van der Waals surface area contributed by atoms with E-state index < -0.39 is 0 Å². The van der Waals surface area contributed by atoms with E-state index in [0.717, 1.165) is 19.6 Å². The SMILES string of the molecule is CC[NH+](CCC(=O)Nc1cc(OC)ccc1OC)Cc1ccccc1. The molecule has 0 radical (unpaired) electrons. The third-order valence-corrected chi connectivity index (χ3v) is 4.18. The molecule has 0 aromatic heterocycles. The zero-order valence-corrected chi connectivity index (χ0v) is 15.2. The number of amides is 1. The van der Waals surface area contributed by atoms with Crippen LogP contribution in [-0.4, -0.2) is 33.2 Å². The summed E-state index contributed by atoms with van der Waals surface area (Å²) in [5, 5.41) is 2.92. The molecule has 0 aliphatic rings. The predicted molar refractivity (Wildman–Crippen MR) is 99.3 cm³/mol. The number of hydrogen-bond donors (Lipinski definition) is 2. The van der Waals surface area contributed by atoms with Crippen molar-refractivity contribution in [3.05, 3.63) is 54.1 Å². The van der Waals surface area contributed by atoms with Crippen molar-refractivity contribution in [1.82, 2.24) is 0 Å². The Balaban J connectivity index is 1.91. The zero-order valence-electron chi connectivity index (χ0n) is 15.2. The van der Waals surface area contributed by atoms with Gasteiger partial charge < -0.3 is 19.7 Å². The molecule has 1 atom stereocenters. The molecular weight excluding hydrogens is 316 g/mol. The molecule has 2 aromatic carbocycles. The van der Waals surface area contributed by atoms with Crippen LogP contribution < -0.4 is 19.7 Å². The Bertz CT molecular complexity index is 674. The van der Waals surface area contributed by atoms with E-state index in [0.29, 0.717) is 23.6 Å². The molecule has 0 saturated heterocycles. The summed E-state index contributed by atoms with van der Waals surface area (Å²) in [4.78, 5) is 13.7. The number of methoxy groups -OCH3 is 2. The third kappa shape index (κ3) is 5.80. The molecule has 2 rings (SSSR count). The molecule has 0 aliphatic heterocycles. The Labute approximate surface area is 149 Å². The van der Waals surface area contributed by atoms with Crippen molar-refractivity contribution in [2.75, 3.05) is 32.6 Å². The van der Waals surface area contributed by atoms with Gasteiger partial charge in [-0.2, -0.15) is 0 Å². The molecule has 134 valence electrons. The highest BCUT2D eigenvalue weighted by atomic mass is 16.5. The summed E-state index contributed by atoms with van der Waals surface area (Å²) in [7, 11) is 3.18. The molecule has 0 heterocycles. The summed E-state index contributed by atoms with van der Waals surface area (Å²) < 4.78 is 10.5. The fourth-order valence-corrected chi connectivity index (χ4v) is 2.69. The smallest absolute Gasteiger partial charge is 0.230 e. The topological polar surface area (TPSA) is 52.0 Å². The van der Waals surface area contributed by atoms with Gasteiger partial charge in [0.1, 0.15) is 18.0 Å². The Morgan fingerprint density at radius 3 is 2.48 bits per heavy atom. The minimum Gasteiger partial charge on any atom is -0.497 e. The second-order valence-corrected chi connectivity index (χ2v) is 5.88. The number of rotatable bonds is 9. The van der Waals surface area contributed by atoms with Crippen LogP contribution in [0.5, 0.6) is 11.5 Å². The highest BCUT2D eigenvalue weighted by molar-refractivity contribution is 5.92. The zero-order chi connectivity index (χ0) is 18.1. The lowest BCUT2D eigenvalue weighted by atomic mass is 10.2. The Kier molecular flexibility index (Phi) is 7.29. The molecule has 0 spiro atoms. The van der Waals surface area contributed by atoms with Gasteiger partial charge in [0.2, 0.25) is 5.91 Å². The van der Waals surface area contributed by atoms with Crippen LogP contribution in [-0.2, 0) is 11.3 Å². The van der Waals surface area contributed by atoms with Gasteiger partial charge in [0.25, 0.3) is 0 Å². The number of carbonyl (C=O) groups excluding carboxylic acids is 1. The quantitative estimate of drug-likeness (QED) is 0.733. The Hall–Kier alpha value is -2.53. The molecule has 1 amide bonds. The van der Waals surface area contributed by atoms with Crippen LogP contribution >= 0.6 is 0 Å². The monoisotopic (exact) mass is 343 g/mol. The van der Waals surface area contributed by atoms with Gasteiger partial charge in [0.05, 0.1) is 39.4 Å². The summed E-state index contributed by atoms with van der Waals surface area (Å²) in [6.45, 7) is 4.82. The molecule has 0 bridgehead atoms. The van der Waals surface area contributed by atoms with E-state index in [4.69, 9.17) is 9.47 Å². The molecule has 2 aromatic rings. The lowest BCUT2D eigenvalue weighted by molar-refractivity contribution is -0.911. The lowest BCUT2D eigenvalue weighted by Gasteiger charge is -2.18. The van der Waals surface area contributed by atoms with Crippen LogP contribution in [0.25, 0.3) is 0 Å². The number of carbonyl (C=O) groups is 1. The van der Waals surface area contributed by atoms with Crippen LogP contribution in [0.3, 0.4) is 0 Å². The standard InChI is InChI=1S/C20H26N2O3/c1-4-22(15-16-8-6-5-7-9-16)13-12-20(23)21-18-14-17(24-2)10-11-19(18)25-3/h5-11,14H,4,12-13,15H2,1-3H3,(H,21,23)/p+1. The third-order valence-electron chi connectivity index (χ3n) is 4.18. The minimum atomic E-state index is -0.0226. The minimum absolute atomic E-state index is 0.0226. The highest BCUT2D eigenvalue weighted by Crippen LogP contribution is 2.28. The van der Waals surface area contributed by atoms with Gasteiger partial charge in [-0.1, -0.05) is 30.3 Å². The van der Waals surface area contributed by atoms with E-state index in [1.165, 1.54) is 10.5 Å². The fraction of sp³-hybridized carbons (Fsp3) is 0.350. The van der Waals surface area contributed by atoms with Gasteiger partial charge in [0.15, 0.2) is 0 Å². The summed E-state index contributed by atoms with van der Waals surface area (Å²) in [5.41, 5.74) is 1.92. The summed E-state index contributed by atoms with van der Waals surface area (Å²) >= 11 is 0. The Morgan fingerprint density at radius 1 is 1.08 bits per heavy atom. The summed E-state index contributed by atoms with van der Waals surface area (Å²) in [5.74, 6) is 1.28. The van der Waals surface area contributed by atoms with E-state index in [1.807, 2.05) is 18.2 Å². The van der Waals surface area contributed by atoms with Crippen molar-refractivity contribution in [2.24, 2.45) is 0 Å². The van der Waals surface area contributed by atoms with Crippen molar-refractivity contribution >= 4 is 11.6 Å². The van der Waals surface area contributed by atoms with E-state index in [1.54, 1.807) is 32.4 Å². The first-order chi connectivity index (χ1) is 12.2. The number of quaternary nitrogens is 1. The van der Waals surface area contributed by atoms with Gasteiger partial charge >= 0.3 is 0 Å². The van der Waals surface area contributed by atoms with Crippen LogP contribution in [0, 0.1) is 0 Å². The molecule has 0 saturated carbocycles. The van der Waals surface area contributed by atoms with E-state index >= 15 is 0 Å². The summed E-state index contributed by atoms with van der Waals surface area (Å²) in [6.07, 6.45) is 0.455. The molecule has 0 fully saturated rings. The second-order valence-electron chi connectivity index (χ2n) is 5.88. The second kappa shape index (κ2) is 9.69. The first-order valence-corrected chi connectivity index (χ1v) is 8.55. The number of anilines is 1. The molecule has 1 unspecified atom stereocenters. The van der Waals surface area contributed by atoms with Gasteiger partial charge in [-0.15, -0.1) is 0 Å². The predicted octanol–water partition coefficient (Wildman–Crippen LogP) is 2.14. The molecule has 5 heteroatoms. The normalized spacial score (nSPS) is 11.6. The number of hydrogen-bond acceptors (Lipinski definition) is 3. The van der Waals surface area contributed by atoms with Crippen LogP contribution in [0.2, 0.25) is 0 Å². The van der Waals surface area contributed by atoms with Crippen LogP contribution in [0.4, 0.5) is 5.69 Å². The van der Waals surface area contributed by atoms with Crippen molar-refractivity contribution in [3.8, 4) is 11.5 Å². The fourth-order valence-electron chi connectivity index (χ4n) is 2.69. The Morgan fingerprint density at radius 2 is 1.84 bits per heavy atom. The van der Waals surface area contributed by atoms with E-state index in [2.05, 4.69) is 24.4 Å². The van der Waals surface area contributed by atoms with Gasteiger partial charge in [-0.3, -0.25) is 4.79 Å². The number of nitrogens with one attached hydrogen (secondary N) is 2. The molecule has 5 nitrogen and oxygen atoms in total. The van der Waals surface area contributed by atoms with Gasteiger partial charge in [0, 0.05) is 11.6 Å².